The molecule has 1 N–H and O–H groups in total. The third-order valence-corrected chi connectivity index (χ3v) is 3.08. The van der Waals surface area contributed by atoms with E-state index >= 15 is 0 Å². The maximum Gasteiger partial charge on any atom is 0.303 e. The van der Waals surface area contributed by atoms with Gasteiger partial charge in [-0.15, -0.1) is 0 Å². The van der Waals surface area contributed by atoms with Crippen LogP contribution in [0.15, 0.2) is 0 Å². The van der Waals surface area contributed by atoms with Crippen LogP contribution >= 0.6 is 0 Å². The SMILES string of the molecule is CC(C)N(CCCC(=O)O)C1CCCOC1. The van der Waals surface area contributed by atoms with Crippen LogP contribution in [-0.4, -0.2) is 47.8 Å². The maximum atomic E-state index is 10.5. The monoisotopic (exact) mass is 229 g/mol. The molecule has 0 bridgehead atoms. The van der Waals surface area contributed by atoms with E-state index in [0.29, 0.717) is 12.1 Å². The van der Waals surface area contributed by atoms with Gasteiger partial charge in [0.05, 0.1) is 6.61 Å². The third-order valence-electron chi connectivity index (χ3n) is 3.08. The summed E-state index contributed by atoms with van der Waals surface area (Å²) >= 11 is 0. The Labute approximate surface area is 97.6 Å². The first-order chi connectivity index (χ1) is 7.61. The molecule has 0 radical (unpaired) electrons. The lowest BCUT2D eigenvalue weighted by molar-refractivity contribution is -0.137. The summed E-state index contributed by atoms with van der Waals surface area (Å²) in [6, 6.07) is 0.933. The quantitative estimate of drug-likeness (QED) is 0.753. The topological polar surface area (TPSA) is 49.8 Å². The summed E-state index contributed by atoms with van der Waals surface area (Å²) in [6.07, 6.45) is 3.28. The van der Waals surface area contributed by atoms with E-state index in [1.165, 1.54) is 6.42 Å². The molecular formula is C12H23NO3. The van der Waals surface area contributed by atoms with E-state index in [-0.39, 0.29) is 6.42 Å². The van der Waals surface area contributed by atoms with Crippen LogP contribution in [0.1, 0.15) is 39.5 Å². The molecule has 1 atom stereocenters. The first-order valence-corrected chi connectivity index (χ1v) is 6.16. The Morgan fingerprint density at radius 3 is 2.81 bits per heavy atom. The maximum absolute atomic E-state index is 10.5. The van der Waals surface area contributed by atoms with Crippen LogP contribution in [0.5, 0.6) is 0 Å². The van der Waals surface area contributed by atoms with Crippen molar-refractivity contribution in [1.82, 2.24) is 4.90 Å². The predicted molar refractivity (Wildman–Crippen MR) is 62.6 cm³/mol. The predicted octanol–water partition coefficient (Wildman–Crippen LogP) is 1.74. The molecule has 0 aromatic heterocycles. The van der Waals surface area contributed by atoms with E-state index < -0.39 is 5.97 Å². The van der Waals surface area contributed by atoms with Crippen molar-refractivity contribution in [3.8, 4) is 0 Å². The highest BCUT2D eigenvalue weighted by Crippen LogP contribution is 2.16. The Kier molecular flexibility index (Phi) is 5.77. The molecule has 0 aliphatic carbocycles. The minimum absolute atomic E-state index is 0.261. The van der Waals surface area contributed by atoms with Gasteiger partial charge in [0.1, 0.15) is 0 Å². The minimum atomic E-state index is -0.705. The number of ether oxygens (including phenoxy) is 1. The molecule has 4 nitrogen and oxygen atoms in total. The summed E-state index contributed by atoms with van der Waals surface area (Å²) in [5, 5.41) is 8.63. The number of aliphatic carboxylic acids is 1. The zero-order valence-electron chi connectivity index (χ0n) is 10.3. The summed E-state index contributed by atoms with van der Waals surface area (Å²) in [7, 11) is 0. The largest absolute Gasteiger partial charge is 0.481 e. The van der Waals surface area contributed by atoms with Crippen molar-refractivity contribution in [2.24, 2.45) is 0 Å². The van der Waals surface area contributed by atoms with E-state index in [2.05, 4.69) is 18.7 Å². The first-order valence-electron chi connectivity index (χ1n) is 6.16. The van der Waals surface area contributed by atoms with Crippen molar-refractivity contribution < 1.29 is 14.6 Å². The van der Waals surface area contributed by atoms with Crippen LogP contribution in [0.25, 0.3) is 0 Å². The van der Waals surface area contributed by atoms with Gasteiger partial charge in [0.25, 0.3) is 0 Å². The van der Waals surface area contributed by atoms with E-state index in [4.69, 9.17) is 9.84 Å². The molecule has 0 spiro atoms. The second-order valence-corrected chi connectivity index (χ2v) is 4.70. The summed E-state index contributed by atoms with van der Waals surface area (Å²) in [6.45, 7) is 6.85. The van der Waals surface area contributed by atoms with E-state index in [0.717, 1.165) is 32.6 Å². The van der Waals surface area contributed by atoms with Crippen molar-refractivity contribution in [1.29, 1.82) is 0 Å². The molecule has 4 heteroatoms. The van der Waals surface area contributed by atoms with Gasteiger partial charge in [0.15, 0.2) is 0 Å². The Morgan fingerprint density at radius 1 is 1.56 bits per heavy atom. The molecule has 0 saturated carbocycles. The summed E-state index contributed by atoms with van der Waals surface area (Å²) in [5.74, 6) is -0.705. The second kappa shape index (κ2) is 6.86. The smallest absolute Gasteiger partial charge is 0.303 e. The van der Waals surface area contributed by atoms with Gasteiger partial charge < -0.3 is 9.84 Å². The average Bonchev–Trinajstić information content (AvgIpc) is 2.25. The van der Waals surface area contributed by atoms with Crippen molar-refractivity contribution in [3.63, 3.8) is 0 Å². The Hall–Kier alpha value is -0.610. The van der Waals surface area contributed by atoms with Crippen molar-refractivity contribution in [2.75, 3.05) is 19.8 Å². The van der Waals surface area contributed by atoms with E-state index in [1.54, 1.807) is 0 Å². The lowest BCUT2D eigenvalue weighted by atomic mass is 10.1. The third kappa shape index (κ3) is 4.49. The highest BCUT2D eigenvalue weighted by Gasteiger charge is 2.23. The lowest BCUT2D eigenvalue weighted by Gasteiger charge is -2.37. The average molecular weight is 229 g/mol. The Bertz CT molecular complexity index is 212. The van der Waals surface area contributed by atoms with Gasteiger partial charge in [0, 0.05) is 25.1 Å². The van der Waals surface area contributed by atoms with Crippen LogP contribution in [0, 0.1) is 0 Å². The van der Waals surface area contributed by atoms with Gasteiger partial charge in [-0.25, -0.2) is 0 Å². The van der Waals surface area contributed by atoms with Gasteiger partial charge >= 0.3 is 5.97 Å². The highest BCUT2D eigenvalue weighted by molar-refractivity contribution is 5.66. The zero-order valence-corrected chi connectivity index (χ0v) is 10.3. The van der Waals surface area contributed by atoms with Gasteiger partial charge in [-0.05, 0) is 39.7 Å². The molecule has 1 saturated heterocycles. The van der Waals surface area contributed by atoms with E-state index in [9.17, 15) is 4.79 Å². The molecule has 16 heavy (non-hydrogen) atoms. The number of hydrogen-bond donors (Lipinski definition) is 1. The van der Waals surface area contributed by atoms with Crippen LogP contribution in [-0.2, 0) is 9.53 Å². The van der Waals surface area contributed by atoms with Gasteiger partial charge in [-0.1, -0.05) is 0 Å². The fourth-order valence-electron chi connectivity index (χ4n) is 2.26. The van der Waals surface area contributed by atoms with E-state index in [1.807, 2.05) is 0 Å². The number of hydrogen-bond acceptors (Lipinski definition) is 3. The Balaban J connectivity index is 2.36. The molecule has 1 aliphatic rings. The standard InChI is InChI=1S/C12H23NO3/c1-10(2)13(7-3-6-12(14)15)11-5-4-8-16-9-11/h10-11H,3-9H2,1-2H3,(H,14,15). The van der Waals surface area contributed by atoms with Crippen LogP contribution in [0.4, 0.5) is 0 Å². The van der Waals surface area contributed by atoms with Crippen molar-refractivity contribution in [3.05, 3.63) is 0 Å². The minimum Gasteiger partial charge on any atom is -0.481 e. The van der Waals surface area contributed by atoms with Crippen LogP contribution < -0.4 is 0 Å². The number of rotatable bonds is 6. The van der Waals surface area contributed by atoms with Gasteiger partial charge in [-0.3, -0.25) is 9.69 Å². The van der Waals surface area contributed by atoms with Crippen LogP contribution in [0.2, 0.25) is 0 Å². The summed E-state index contributed by atoms with van der Waals surface area (Å²) in [5.41, 5.74) is 0. The molecule has 0 amide bonds. The van der Waals surface area contributed by atoms with Crippen LogP contribution in [0.3, 0.4) is 0 Å². The highest BCUT2D eigenvalue weighted by atomic mass is 16.5. The lowest BCUT2D eigenvalue weighted by Crippen LogP contribution is -2.45. The molecule has 94 valence electrons. The molecule has 1 fully saturated rings. The number of carbonyl (C=O) groups is 1. The molecule has 0 aromatic rings. The van der Waals surface area contributed by atoms with Gasteiger partial charge in [0.2, 0.25) is 0 Å². The molecule has 1 aliphatic heterocycles. The first kappa shape index (κ1) is 13.5. The number of nitrogens with zero attached hydrogens (tertiary/aromatic N) is 1. The molecule has 1 heterocycles. The fraction of sp³-hybridized carbons (Fsp3) is 0.917. The summed E-state index contributed by atoms with van der Waals surface area (Å²) < 4.78 is 5.48. The molecular weight excluding hydrogens is 206 g/mol. The zero-order chi connectivity index (χ0) is 12.0. The number of carboxylic acid groups (broad SMARTS) is 1. The normalized spacial score (nSPS) is 21.6. The Morgan fingerprint density at radius 2 is 2.31 bits per heavy atom. The van der Waals surface area contributed by atoms with Gasteiger partial charge in [-0.2, -0.15) is 0 Å². The summed E-state index contributed by atoms with van der Waals surface area (Å²) in [4.78, 5) is 12.9. The molecule has 1 unspecified atom stereocenters. The van der Waals surface area contributed by atoms with Crippen molar-refractivity contribution >= 4 is 5.97 Å². The number of carboxylic acids is 1. The molecule has 0 aromatic carbocycles. The molecule has 1 rings (SSSR count). The van der Waals surface area contributed by atoms with Crippen molar-refractivity contribution in [2.45, 2.75) is 51.6 Å². The fourth-order valence-corrected chi connectivity index (χ4v) is 2.26. The second-order valence-electron chi connectivity index (χ2n) is 4.70.